The van der Waals surface area contributed by atoms with Crippen molar-refractivity contribution in [2.45, 2.75) is 13.3 Å². The van der Waals surface area contributed by atoms with E-state index in [0.717, 1.165) is 0 Å². The standard InChI is InChI=1S/C11H10N4O4/c1-7-10(6-11(16)17)14(13-12-7)8-3-2-4-9(5-8)15(18)19/h2-5H,6H2,1H3,(H,16,17). The van der Waals surface area contributed by atoms with Gasteiger partial charge in [0.1, 0.15) is 0 Å². The molecule has 98 valence electrons. The van der Waals surface area contributed by atoms with Crippen LogP contribution in [-0.4, -0.2) is 31.0 Å². The van der Waals surface area contributed by atoms with E-state index in [1.807, 2.05) is 0 Å². The Morgan fingerprint density at radius 3 is 2.89 bits per heavy atom. The Bertz CT molecular complexity index is 650. The lowest BCUT2D eigenvalue weighted by atomic mass is 10.2. The lowest BCUT2D eigenvalue weighted by Crippen LogP contribution is -2.09. The van der Waals surface area contributed by atoms with Gasteiger partial charge in [0, 0.05) is 12.1 Å². The largest absolute Gasteiger partial charge is 0.481 e. The molecule has 0 aliphatic rings. The van der Waals surface area contributed by atoms with Gasteiger partial charge in [0.15, 0.2) is 0 Å². The molecule has 0 aliphatic carbocycles. The van der Waals surface area contributed by atoms with Gasteiger partial charge in [-0.05, 0) is 13.0 Å². The molecule has 1 N–H and O–H groups in total. The van der Waals surface area contributed by atoms with E-state index >= 15 is 0 Å². The summed E-state index contributed by atoms with van der Waals surface area (Å²) in [5, 5.41) is 27.2. The van der Waals surface area contributed by atoms with Crippen LogP contribution in [0, 0.1) is 17.0 Å². The average molecular weight is 262 g/mol. The van der Waals surface area contributed by atoms with E-state index in [2.05, 4.69) is 10.3 Å². The number of hydrogen-bond acceptors (Lipinski definition) is 5. The third-order valence-corrected chi connectivity index (χ3v) is 2.56. The van der Waals surface area contributed by atoms with Gasteiger partial charge in [0.25, 0.3) is 5.69 Å². The molecule has 8 heteroatoms. The van der Waals surface area contributed by atoms with Crippen molar-refractivity contribution in [3.05, 3.63) is 45.8 Å². The molecule has 0 fully saturated rings. The lowest BCUT2D eigenvalue weighted by molar-refractivity contribution is -0.384. The summed E-state index contributed by atoms with van der Waals surface area (Å²) in [4.78, 5) is 21.0. The molecule has 0 aliphatic heterocycles. The molecule has 0 amide bonds. The van der Waals surface area contributed by atoms with Crippen LogP contribution in [0.15, 0.2) is 24.3 Å². The van der Waals surface area contributed by atoms with Crippen molar-refractivity contribution in [2.24, 2.45) is 0 Å². The predicted octanol–water partition coefficient (Wildman–Crippen LogP) is 1.11. The molecule has 0 saturated carbocycles. The first-order valence-corrected chi connectivity index (χ1v) is 5.37. The van der Waals surface area contributed by atoms with Gasteiger partial charge in [-0.3, -0.25) is 14.9 Å². The minimum absolute atomic E-state index is 0.0908. The maximum absolute atomic E-state index is 10.8. The smallest absolute Gasteiger partial charge is 0.309 e. The number of aryl methyl sites for hydroxylation is 1. The van der Waals surface area contributed by atoms with Crippen molar-refractivity contribution in [3.63, 3.8) is 0 Å². The third kappa shape index (κ3) is 2.57. The van der Waals surface area contributed by atoms with Crippen LogP contribution in [-0.2, 0) is 11.2 Å². The average Bonchev–Trinajstić information content (AvgIpc) is 2.71. The van der Waals surface area contributed by atoms with Gasteiger partial charge < -0.3 is 5.11 Å². The van der Waals surface area contributed by atoms with E-state index < -0.39 is 10.9 Å². The maximum atomic E-state index is 10.8. The minimum atomic E-state index is -1.02. The van der Waals surface area contributed by atoms with Gasteiger partial charge in [0.2, 0.25) is 0 Å². The highest BCUT2D eigenvalue weighted by Crippen LogP contribution is 2.18. The molecule has 1 aromatic carbocycles. The molecule has 8 nitrogen and oxygen atoms in total. The van der Waals surface area contributed by atoms with E-state index in [-0.39, 0.29) is 12.1 Å². The second-order valence-electron chi connectivity index (χ2n) is 3.88. The quantitative estimate of drug-likeness (QED) is 0.652. The van der Waals surface area contributed by atoms with Gasteiger partial charge in [-0.25, -0.2) is 4.68 Å². The molecular formula is C11H10N4O4. The fraction of sp³-hybridized carbons (Fsp3) is 0.182. The van der Waals surface area contributed by atoms with E-state index in [0.29, 0.717) is 17.1 Å². The van der Waals surface area contributed by atoms with Crippen LogP contribution in [0.25, 0.3) is 5.69 Å². The SMILES string of the molecule is Cc1nnn(-c2cccc([N+](=O)[O-])c2)c1CC(=O)O. The Morgan fingerprint density at radius 1 is 1.53 bits per heavy atom. The van der Waals surface area contributed by atoms with Crippen molar-refractivity contribution < 1.29 is 14.8 Å². The molecule has 0 saturated heterocycles. The molecule has 0 unspecified atom stereocenters. The van der Waals surface area contributed by atoms with E-state index in [4.69, 9.17) is 5.11 Å². The zero-order valence-electron chi connectivity index (χ0n) is 9.98. The highest BCUT2D eigenvalue weighted by Gasteiger charge is 2.16. The van der Waals surface area contributed by atoms with Gasteiger partial charge in [-0.15, -0.1) is 5.10 Å². The van der Waals surface area contributed by atoms with Crippen molar-refractivity contribution in [1.82, 2.24) is 15.0 Å². The summed E-state index contributed by atoms with van der Waals surface area (Å²) >= 11 is 0. The fourth-order valence-electron chi connectivity index (χ4n) is 1.67. The van der Waals surface area contributed by atoms with Gasteiger partial charge in [-0.1, -0.05) is 11.3 Å². The van der Waals surface area contributed by atoms with Crippen LogP contribution in [0.1, 0.15) is 11.4 Å². The normalized spacial score (nSPS) is 10.4. The van der Waals surface area contributed by atoms with Crippen molar-refractivity contribution in [1.29, 1.82) is 0 Å². The Morgan fingerprint density at radius 2 is 2.26 bits per heavy atom. The molecule has 0 bridgehead atoms. The molecule has 1 aromatic heterocycles. The number of rotatable bonds is 4. The Hall–Kier alpha value is -2.77. The predicted molar refractivity (Wildman–Crippen MR) is 64.1 cm³/mol. The summed E-state index contributed by atoms with van der Waals surface area (Å²) < 4.78 is 1.30. The summed E-state index contributed by atoms with van der Waals surface area (Å²) in [6.07, 6.45) is -0.248. The Balaban J connectivity index is 2.50. The first-order valence-electron chi connectivity index (χ1n) is 5.37. The molecule has 19 heavy (non-hydrogen) atoms. The second-order valence-corrected chi connectivity index (χ2v) is 3.88. The molecule has 0 atom stereocenters. The number of nitro benzene ring substituents is 1. The van der Waals surface area contributed by atoms with Crippen molar-refractivity contribution in [2.75, 3.05) is 0 Å². The van der Waals surface area contributed by atoms with Gasteiger partial charge in [-0.2, -0.15) is 0 Å². The number of benzene rings is 1. The fourth-order valence-corrected chi connectivity index (χ4v) is 1.67. The van der Waals surface area contributed by atoms with E-state index in [9.17, 15) is 14.9 Å². The van der Waals surface area contributed by atoms with Crippen LogP contribution in [0.2, 0.25) is 0 Å². The third-order valence-electron chi connectivity index (χ3n) is 2.56. The second kappa shape index (κ2) is 4.84. The van der Waals surface area contributed by atoms with E-state index in [1.165, 1.54) is 22.9 Å². The molecule has 1 heterocycles. The van der Waals surface area contributed by atoms with Gasteiger partial charge in [0.05, 0.1) is 28.4 Å². The first-order chi connectivity index (χ1) is 8.99. The molecule has 0 radical (unpaired) electrons. The highest BCUT2D eigenvalue weighted by atomic mass is 16.6. The van der Waals surface area contributed by atoms with Crippen LogP contribution in [0.5, 0.6) is 0 Å². The van der Waals surface area contributed by atoms with Crippen molar-refractivity contribution in [3.8, 4) is 5.69 Å². The lowest BCUT2D eigenvalue weighted by Gasteiger charge is -2.04. The number of carbonyl (C=O) groups is 1. The van der Waals surface area contributed by atoms with E-state index in [1.54, 1.807) is 13.0 Å². The number of aromatic nitrogens is 3. The first kappa shape index (κ1) is 12.7. The van der Waals surface area contributed by atoms with Crippen molar-refractivity contribution >= 4 is 11.7 Å². The van der Waals surface area contributed by atoms with Crippen LogP contribution >= 0.6 is 0 Å². The monoisotopic (exact) mass is 262 g/mol. The zero-order valence-corrected chi connectivity index (χ0v) is 9.98. The summed E-state index contributed by atoms with van der Waals surface area (Å²) in [6, 6.07) is 5.78. The van der Waals surface area contributed by atoms with Crippen LogP contribution < -0.4 is 0 Å². The summed E-state index contributed by atoms with van der Waals surface area (Å²) in [5.74, 6) is -1.02. The highest BCUT2D eigenvalue weighted by molar-refractivity contribution is 5.70. The number of nitro groups is 1. The minimum Gasteiger partial charge on any atom is -0.481 e. The number of non-ortho nitro benzene ring substituents is 1. The summed E-state index contributed by atoms with van der Waals surface area (Å²) in [6.45, 7) is 1.64. The molecule has 0 spiro atoms. The van der Waals surface area contributed by atoms with Crippen LogP contribution in [0.3, 0.4) is 0 Å². The molecular weight excluding hydrogens is 252 g/mol. The Kier molecular flexibility index (Phi) is 3.23. The Labute approximate surface area is 107 Å². The summed E-state index contributed by atoms with van der Waals surface area (Å²) in [7, 11) is 0. The molecule has 2 aromatic rings. The maximum Gasteiger partial charge on any atom is 0.309 e. The van der Waals surface area contributed by atoms with Gasteiger partial charge >= 0.3 is 5.97 Å². The molecule has 2 rings (SSSR count). The number of carboxylic acids is 1. The zero-order chi connectivity index (χ0) is 14.0. The van der Waals surface area contributed by atoms with Crippen LogP contribution in [0.4, 0.5) is 5.69 Å². The topological polar surface area (TPSA) is 111 Å². The number of nitrogens with zero attached hydrogens (tertiary/aromatic N) is 4. The summed E-state index contributed by atoms with van der Waals surface area (Å²) in [5.41, 5.74) is 1.19. The number of hydrogen-bond donors (Lipinski definition) is 1. The number of carboxylic acid groups (broad SMARTS) is 1. The number of aliphatic carboxylic acids is 1.